The number of aromatic nitrogens is 2. The van der Waals surface area contributed by atoms with Gasteiger partial charge in [-0.2, -0.15) is 5.26 Å². The molecule has 154 valence electrons. The molecule has 7 heteroatoms. The SMILES string of the molecule is CCCCCCOC(=O)[C@H](C#N)c1nc2ccccc2nc1N1CC[NH+](C)CC1. The number of quaternary nitrogens is 1. The van der Waals surface area contributed by atoms with Crippen molar-refractivity contribution in [3.05, 3.63) is 30.0 Å². The molecule has 29 heavy (non-hydrogen) atoms. The van der Waals surface area contributed by atoms with Crippen LogP contribution in [0.3, 0.4) is 0 Å². The Hall–Kier alpha value is -2.72. The highest BCUT2D eigenvalue weighted by Gasteiger charge is 2.31. The fourth-order valence-electron chi connectivity index (χ4n) is 3.54. The molecule has 1 aromatic heterocycles. The van der Waals surface area contributed by atoms with Crippen LogP contribution in [0.15, 0.2) is 24.3 Å². The van der Waals surface area contributed by atoms with E-state index in [1.807, 2.05) is 24.3 Å². The Labute approximate surface area is 172 Å². The Morgan fingerprint density at radius 3 is 2.55 bits per heavy atom. The molecule has 0 saturated carbocycles. The van der Waals surface area contributed by atoms with Crippen LogP contribution < -0.4 is 9.80 Å². The molecular formula is C22H30N5O2+. The van der Waals surface area contributed by atoms with Gasteiger partial charge in [0.05, 0.1) is 56.9 Å². The van der Waals surface area contributed by atoms with E-state index in [0.717, 1.165) is 57.4 Å². The molecule has 1 aliphatic heterocycles. The Kier molecular flexibility index (Phi) is 7.36. The summed E-state index contributed by atoms with van der Waals surface area (Å²) < 4.78 is 5.42. The van der Waals surface area contributed by atoms with Gasteiger partial charge in [-0.1, -0.05) is 38.3 Å². The zero-order valence-corrected chi connectivity index (χ0v) is 17.4. The van der Waals surface area contributed by atoms with Crippen LogP contribution in [-0.4, -0.2) is 55.8 Å². The van der Waals surface area contributed by atoms with Crippen molar-refractivity contribution in [2.45, 2.75) is 38.5 Å². The number of nitriles is 1. The number of carbonyl (C=O) groups is 1. The van der Waals surface area contributed by atoms with Crippen molar-refractivity contribution in [3.8, 4) is 6.07 Å². The summed E-state index contributed by atoms with van der Waals surface area (Å²) in [6, 6.07) is 9.68. The number of likely N-dealkylation sites (N-methyl/N-ethyl adjacent to an activating group) is 1. The molecular weight excluding hydrogens is 366 g/mol. The van der Waals surface area contributed by atoms with E-state index in [-0.39, 0.29) is 0 Å². The highest BCUT2D eigenvalue weighted by Crippen LogP contribution is 2.28. The van der Waals surface area contributed by atoms with Gasteiger partial charge >= 0.3 is 5.97 Å². The van der Waals surface area contributed by atoms with Gasteiger partial charge in [-0.05, 0) is 18.6 Å². The second-order valence-corrected chi connectivity index (χ2v) is 7.66. The first-order valence-corrected chi connectivity index (χ1v) is 10.5. The first kappa shape index (κ1) is 21.0. The zero-order chi connectivity index (χ0) is 20.6. The third kappa shape index (κ3) is 5.21. The van der Waals surface area contributed by atoms with Gasteiger partial charge in [-0.25, -0.2) is 9.97 Å². The van der Waals surface area contributed by atoms with Crippen LogP contribution in [-0.2, 0) is 9.53 Å². The van der Waals surface area contributed by atoms with Crippen molar-refractivity contribution in [1.82, 2.24) is 9.97 Å². The number of nitrogens with zero attached hydrogens (tertiary/aromatic N) is 4. The van der Waals surface area contributed by atoms with Crippen molar-refractivity contribution in [1.29, 1.82) is 5.26 Å². The molecule has 0 spiro atoms. The van der Waals surface area contributed by atoms with Crippen LogP contribution in [0.1, 0.15) is 44.2 Å². The number of esters is 1. The minimum Gasteiger partial charge on any atom is -0.464 e. The normalized spacial score (nSPS) is 15.8. The first-order valence-electron chi connectivity index (χ1n) is 10.5. The minimum absolute atomic E-state index is 0.339. The maximum absolute atomic E-state index is 12.7. The number of benzene rings is 1. The number of rotatable bonds is 8. The largest absolute Gasteiger partial charge is 0.464 e. The molecule has 0 radical (unpaired) electrons. The predicted molar refractivity (Wildman–Crippen MR) is 112 cm³/mol. The van der Waals surface area contributed by atoms with Crippen molar-refractivity contribution < 1.29 is 14.4 Å². The van der Waals surface area contributed by atoms with Gasteiger partial charge in [-0.15, -0.1) is 0 Å². The van der Waals surface area contributed by atoms with Crippen molar-refractivity contribution in [2.75, 3.05) is 44.7 Å². The molecule has 1 aromatic carbocycles. The standard InChI is InChI=1S/C22H29N5O2/c1-3-4-5-8-15-29-22(28)17(16-23)20-21(27-13-11-26(2)12-14-27)25-19-10-7-6-9-18(19)24-20/h6-7,9-10,17H,3-5,8,11-15H2,1-2H3/p+1/t17-/m1/s1. The van der Waals surface area contributed by atoms with E-state index < -0.39 is 11.9 Å². The highest BCUT2D eigenvalue weighted by atomic mass is 16.5. The van der Waals surface area contributed by atoms with E-state index in [1.165, 1.54) is 4.90 Å². The van der Waals surface area contributed by atoms with Crippen molar-refractivity contribution in [2.24, 2.45) is 0 Å². The van der Waals surface area contributed by atoms with E-state index in [9.17, 15) is 10.1 Å². The summed E-state index contributed by atoms with van der Waals surface area (Å²) in [7, 11) is 2.16. The number of piperazine rings is 1. The Bertz CT molecular complexity index is 871. The highest BCUT2D eigenvalue weighted by molar-refractivity contribution is 5.85. The summed E-state index contributed by atoms with van der Waals surface area (Å²) in [5.41, 5.74) is 1.86. The van der Waals surface area contributed by atoms with Crippen LogP contribution in [0.2, 0.25) is 0 Å². The van der Waals surface area contributed by atoms with Crippen LogP contribution in [0, 0.1) is 11.3 Å². The maximum Gasteiger partial charge on any atom is 0.329 e. The fraction of sp³-hybridized carbons (Fsp3) is 0.545. The number of carbonyl (C=O) groups excluding carboxylic acids is 1. The topological polar surface area (TPSA) is 83.5 Å². The monoisotopic (exact) mass is 396 g/mol. The van der Waals surface area contributed by atoms with Crippen molar-refractivity contribution >= 4 is 22.8 Å². The molecule has 2 heterocycles. The number of ether oxygens (including phenoxy) is 1. The minimum atomic E-state index is -1.07. The van der Waals surface area contributed by atoms with Crippen LogP contribution in [0.4, 0.5) is 5.82 Å². The van der Waals surface area contributed by atoms with Gasteiger partial charge in [0.15, 0.2) is 11.7 Å². The number of nitrogens with one attached hydrogen (secondary N) is 1. The lowest BCUT2D eigenvalue weighted by atomic mass is 10.1. The van der Waals surface area contributed by atoms with Gasteiger partial charge < -0.3 is 14.5 Å². The second kappa shape index (κ2) is 10.2. The predicted octanol–water partition coefficient (Wildman–Crippen LogP) is 1.70. The average molecular weight is 397 g/mol. The van der Waals surface area contributed by atoms with Gasteiger partial charge in [0.25, 0.3) is 0 Å². The Morgan fingerprint density at radius 1 is 1.21 bits per heavy atom. The van der Waals surface area contributed by atoms with Gasteiger partial charge in [0, 0.05) is 0 Å². The molecule has 2 aromatic rings. The van der Waals surface area contributed by atoms with Gasteiger partial charge in [0.1, 0.15) is 5.69 Å². The number of para-hydroxylation sites is 2. The molecule has 0 bridgehead atoms. The average Bonchev–Trinajstić information content (AvgIpc) is 2.74. The van der Waals surface area contributed by atoms with Crippen LogP contribution >= 0.6 is 0 Å². The molecule has 7 nitrogen and oxygen atoms in total. The number of hydrogen-bond acceptors (Lipinski definition) is 6. The Balaban J connectivity index is 1.87. The summed E-state index contributed by atoms with van der Waals surface area (Å²) in [4.78, 5) is 25.8. The lowest BCUT2D eigenvalue weighted by Gasteiger charge is -2.32. The number of unbranched alkanes of at least 4 members (excludes halogenated alkanes) is 3. The van der Waals surface area contributed by atoms with E-state index in [2.05, 4.69) is 29.9 Å². The molecule has 1 N–H and O–H groups in total. The van der Waals surface area contributed by atoms with Gasteiger partial charge in [0.2, 0.25) is 0 Å². The second-order valence-electron chi connectivity index (χ2n) is 7.66. The quantitative estimate of drug-likeness (QED) is 0.540. The van der Waals surface area contributed by atoms with E-state index in [1.54, 1.807) is 0 Å². The van der Waals surface area contributed by atoms with Crippen LogP contribution in [0.5, 0.6) is 0 Å². The summed E-state index contributed by atoms with van der Waals surface area (Å²) in [6.45, 7) is 6.06. The smallest absolute Gasteiger partial charge is 0.329 e. The van der Waals surface area contributed by atoms with Gasteiger partial charge in [-0.3, -0.25) is 4.79 Å². The molecule has 0 amide bonds. The first-order chi connectivity index (χ1) is 14.1. The summed E-state index contributed by atoms with van der Waals surface area (Å²) in [6.07, 6.45) is 4.07. The molecule has 0 aliphatic carbocycles. The summed E-state index contributed by atoms with van der Waals surface area (Å²) in [5.74, 6) is -0.972. The van der Waals surface area contributed by atoms with E-state index >= 15 is 0 Å². The lowest BCUT2D eigenvalue weighted by Crippen LogP contribution is -3.12. The number of hydrogen-bond donors (Lipinski definition) is 1. The maximum atomic E-state index is 12.7. The zero-order valence-electron chi connectivity index (χ0n) is 17.4. The van der Waals surface area contributed by atoms with Crippen molar-refractivity contribution in [3.63, 3.8) is 0 Å². The number of fused-ring (bicyclic) bond motifs is 1. The molecule has 3 rings (SSSR count). The van der Waals surface area contributed by atoms with Crippen LogP contribution in [0.25, 0.3) is 11.0 Å². The Morgan fingerprint density at radius 2 is 1.90 bits per heavy atom. The molecule has 1 fully saturated rings. The van der Waals surface area contributed by atoms with E-state index in [4.69, 9.17) is 9.72 Å². The third-order valence-corrected chi connectivity index (χ3v) is 5.38. The molecule has 0 unspecified atom stereocenters. The lowest BCUT2D eigenvalue weighted by molar-refractivity contribution is -0.880. The summed E-state index contributed by atoms with van der Waals surface area (Å²) in [5, 5.41) is 9.79. The molecule has 1 saturated heterocycles. The molecule has 1 aliphatic rings. The number of anilines is 1. The summed E-state index contributed by atoms with van der Waals surface area (Å²) >= 11 is 0. The molecule has 1 atom stereocenters. The third-order valence-electron chi connectivity index (χ3n) is 5.38. The fourth-order valence-corrected chi connectivity index (χ4v) is 3.54. The van der Waals surface area contributed by atoms with E-state index in [0.29, 0.717) is 23.6 Å².